The monoisotopic (exact) mass is 341 g/mol. The zero-order valence-electron chi connectivity index (χ0n) is 14.8. The lowest BCUT2D eigenvalue weighted by molar-refractivity contribution is -0.133. The van der Waals surface area contributed by atoms with Crippen molar-refractivity contribution in [2.24, 2.45) is 11.8 Å². The summed E-state index contributed by atoms with van der Waals surface area (Å²) in [6, 6.07) is 6.07. The molecule has 134 valence electrons. The Bertz CT molecular complexity index is 625. The Labute approximate surface area is 149 Å². The molecule has 3 unspecified atom stereocenters. The predicted molar refractivity (Wildman–Crippen MR) is 95.2 cm³/mol. The van der Waals surface area contributed by atoms with Crippen LogP contribution in [0.4, 0.5) is 0 Å². The van der Waals surface area contributed by atoms with E-state index in [1.54, 1.807) is 24.4 Å². The summed E-state index contributed by atoms with van der Waals surface area (Å²) >= 11 is 0. The Balaban J connectivity index is 1.22. The van der Waals surface area contributed by atoms with Gasteiger partial charge in [0.15, 0.2) is 5.78 Å². The van der Waals surface area contributed by atoms with E-state index in [0.29, 0.717) is 12.1 Å². The second-order valence-corrected chi connectivity index (χ2v) is 7.80. The fourth-order valence-corrected chi connectivity index (χ4v) is 5.00. The number of piperazine rings is 1. The summed E-state index contributed by atoms with van der Waals surface area (Å²) in [6.45, 7) is 3.61. The Hall–Kier alpha value is -1.75. The fraction of sp³-hybridized carbons (Fsp3) is 0.650. The third kappa shape index (κ3) is 3.61. The van der Waals surface area contributed by atoms with Crippen LogP contribution in [0, 0.1) is 11.8 Å². The minimum absolute atomic E-state index is 0.0467. The largest absolute Gasteiger partial charge is 0.340 e. The summed E-state index contributed by atoms with van der Waals surface area (Å²) in [6.07, 6.45) is 7.81. The van der Waals surface area contributed by atoms with Crippen molar-refractivity contribution in [3.8, 4) is 0 Å². The molecular weight excluding hydrogens is 314 g/mol. The van der Waals surface area contributed by atoms with Crippen molar-refractivity contribution < 1.29 is 9.59 Å². The Kier molecular flexibility index (Phi) is 4.84. The molecule has 5 heteroatoms. The summed E-state index contributed by atoms with van der Waals surface area (Å²) in [4.78, 5) is 33.1. The van der Waals surface area contributed by atoms with Gasteiger partial charge in [0.25, 0.3) is 0 Å². The SMILES string of the molecule is O=C(CCC(=O)N1CCN(C2CC3CCC2C3)CC1)c1ccccn1. The zero-order valence-corrected chi connectivity index (χ0v) is 14.8. The molecule has 2 saturated carbocycles. The molecule has 2 aliphatic carbocycles. The highest BCUT2D eigenvalue weighted by Gasteiger charge is 2.42. The van der Waals surface area contributed by atoms with Crippen molar-refractivity contribution in [2.45, 2.75) is 44.6 Å². The van der Waals surface area contributed by atoms with Gasteiger partial charge < -0.3 is 4.90 Å². The van der Waals surface area contributed by atoms with Crippen LogP contribution in [0.15, 0.2) is 24.4 Å². The van der Waals surface area contributed by atoms with E-state index in [-0.39, 0.29) is 18.1 Å². The standard InChI is InChI=1S/C20H27N3O2/c24-19(17-3-1-2-8-21-17)6-7-20(25)23-11-9-22(10-12-23)18-14-15-4-5-16(18)13-15/h1-3,8,15-16,18H,4-7,9-14H2. The first-order valence-electron chi connectivity index (χ1n) is 9.67. The lowest BCUT2D eigenvalue weighted by Crippen LogP contribution is -2.53. The highest BCUT2D eigenvalue weighted by Crippen LogP contribution is 2.46. The van der Waals surface area contributed by atoms with E-state index in [9.17, 15) is 9.59 Å². The number of amides is 1. The summed E-state index contributed by atoms with van der Waals surface area (Å²) in [7, 11) is 0. The van der Waals surface area contributed by atoms with Crippen LogP contribution in [0.1, 0.15) is 49.0 Å². The number of hydrogen-bond acceptors (Lipinski definition) is 4. The maximum Gasteiger partial charge on any atom is 0.223 e. The number of fused-ring (bicyclic) bond motifs is 2. The second kappa shape index (κ2) is 7.24. The van der Waals surface area contributed by atoms with Gasteiger partial charge in [0.1, 0.15) is 5.69 Å². The van der Waals surface area contributed by atoms with E-state index < -0.39 is 0 Å². The quantitative estimate of drug-likeness (QED) is 0.772. The van der Waals surface area contributed by atoms with Crippen LogP contribution in [-0.2, 0) is 4.79 Å². The van der Waals surface area contributed by atoms with Gasteiger partial charge in [-0.1, -0.05) is 12.5 Å². The molecule has 3 atom stereocenters. The first kappa shape index (κ1) is 16.7. The van der Waals surface area contributed by atoms with Crippen molar-refractivity contribution in [3.05, 3.63) is 30.1 Å². The number of Topliss-reactive ketones (excluding diaryl/α,β-unsaturated/α-hetero) is 1. The average Bonchev–Trinajstić information content (AvgIpc) is 3.30. The van der Waals surface area contributed by atoms with Crippen molar-refractivity contribution >= 4 is 11.7 Å². The van der Waals surface area contributed by atoms with E-state index in [0.717, 1.165) is 44.1 Å². The molecule has 2 heterocycles. The molecule has 0 N–H and O–H groups in total. The van der Waals surface area contributed by atoms with Crippen LogP contribution in [-0.4, -0.2) is 58.7 Å². The van der Waals surface area contributed by atoms with Gasteiger partial charge in [-0.05, 0) is 43.2 Å². The molecule has 1 aliphatic heterocycles. The first-order valence-corrected chi connectivity index (χ1v) is 9.67. The van der Waals surface area contributed by atoms with Gasteiger partial charge in [-0.15, -0.1) is 0 Å². The van der Waals surface area contributed by atoms with Crippen LogP contribution in [0.3, 0.4) is 0 Å². The van der Waals surface area contributed by atoms with Gasteiger partial charge in [0.05, 0.1) is 0 Å². The number of nitrogens with zero attached hydrogens (tertiary/aromatic N) is 3. The van der Waals surface area contributed by atoms with Crippen LogP contribution in [0.25, 0.3) is 0 Å². The topological polar surface area (TPSA) is 53.5 Å². The number of carbonyl (C=O) groups is 2. The maximum absolute atomic E-state index is 12.4. The van der Waals surface area contributed by atoms with Crippen molar-refractivity contribution in [2.75, 3.05) is 26.2 Å². The number of ketones is 1. The summed E-state index contributed by atoms with van der Waals surface area (Å²) in [5, 5.41) is 0. The lowest BCUT2D eigenvalue weighted by atomic mass is 9.93. The van der Waals surface area contributed by atoms with Crippen LogP contribution < -0.4 is 0 Å². The van der Waals surface area contributed by atoms with E-state index in [1.165, 1.54) is 25.7 Å². The molecule has 0 spiro atoms. The van der Waals surface area contributed by atoms with Gasteiger partial charge in [-0.3, -0.25) is 19.5 Å². The molecule has 1 saturated heterocycles. The Morgan fingerprint density at radius 2 is 1.88 bits per heavy atom. The van der Waals surface area contributed by atoms with E-state index in [1.807, 2.05) is 4.90 Å². The molecule has 1 aromatic heterocycles. The normalized spacial score (nSPS) is 29.1. The number of hydrogen-bond donors (Lipinski definition) is 0. The van der Waals surface area contributed by atoms with Gasteiger partial charge in [-0.25, -0.2) is 0 Å². The van der Waals surface area contributed by atoms with E-state index in [4.69, 9.17) is 0 Å². The maximum atomic E-state index is 12.4. The van der Waals surface area contributed by atoms with Gasteiger partial charge in [-0.2, -0.15) is 0 Å². The highest BCUT2D eigenvalue weighted by atomic mass is 16.2. The van der Waals surface area contributed by atoms with Crippen LogP contribution in [0.2, 0.25) is 0 Å². The molecule has 1 amide bonds. The number of carbonyl (C=O) groups excluding carboxylic acids is 2. The molecular formula is C20H27N3O2. The molecule has 4 rings (SSSR count). The number of pyridine rings is 1. The molecule has 5 nitrogen and oxygen atoms in total. The third-order valence-electron chi connectivity index (χ3n) is 6.35. The smallest absolute Gasteiger partial charge is 0.223 e. The zero-order chi connectivity index (χ0) is 17.2. The second-order valence-electron chi connectivity index (χ2n) is 7.80. The van der Waals surface area contributed by atoms with Gasteiger partial charge >= 0.3 is 0 Å². The Morgan fingerprint density at radius 3 is 2.52 bits per heavy atom. The van der Waals surface area contributed by atoms with Crippen LogP contribution in [0.5, 0.6) is 0 Å². The van der Waals surface area contributed by atoms with Crippen molar-refractivity contribution in [1.82, 2.24) is 14.8 Å². The van der Waals surface area contributed by atoms with Crippen molar-refractivity contribution in [1.29, 1.82) is 0 Å². The molecule has 25 heavy (non-hydrogen) atoms. The van der Waals surface area contributed by atoms with Crippen molar-refractivity contribution in [3.63, 3.8) is 0 Å². The summed E-state index contributed by atoms with van der Waals surface area (Å²) < 4.78 is 0. The fourth-order valence-electron chi connectivity index (χ4n) is 5.00. The lowest BCUT2D eigenvalue weighted by Gasteiger charge is -2.41. The first-order chi connectivity index (χ1) is 12.2. The molecule has 0 radical (unpaired) electrons. The molecule has 3 aliphatic rings. The molecule has 2 bridgehead atoms. The van der Waals surface area contributed by atoms with Crippen LogP contribution >= 0.6 is 0 Å². The molecule has 3 fully saturated rings. The minimum Gasteiger partial charge on any atom is -0.340 e. The summed E-state index contributed by atoms with van der Waals surface area (Å²) in [5.41, 5.74) is 0.455. The highest BCUT2D eigenvalue weighted by molar-refractivity contribution is 5.96. The van der Waals surface area contributed by atoms with E-state index >= 15 is 0 Å². The third-order valence-corrected chi connectivity index (χ3v) is 6.35. The summed E-state index contributed by atoms with van der Waals surface area (Å²) in [5.74, 6) is 1.93. The number of rotatable bonds is 5. The predicted octanol–water partition coefficient (Wildman–Crippen LogP) is 2.38. The van der Waals surface area contributed by atoms with Gasteiger partial charge in [0.2, 0.25) is 5.91 Å². The average molecular weight is 341 g/mol. The number of aromatic nitrogens is 1. The molecule has 1 aromatic rings. The minimum atomic E-state index is -0.0467. The molecule has 0 aromatic carbocycles. The van der Waals surface area contributed by atoms with Gasteiger partial charge in [0, 0.05) is 51.3 Å². The Morgan fingerprint density at radius 1 is 1.04 bits per heavy atom. The van der Waals surface area contributed by atoms with E-state index in [2.05, 4.69) is 9.88 Å².